The van der Waals surface area contributed by atoms with E-state index < -0.39 is 0 Å². The van der Waals surface area contributed by atoms with Crippen LogP contribution in [0.3, 0.4) is 0 Å². The van der Waals surface area contributed by atoms with Crippen LogP contribution in [0.15, 0.2) is 350 Å². The van der Waals surface area contributed by atoms with E-state index >= 15 is 0 Å². The van der Waals surface area contributed by atoms with Crippen LogP contribution in [0.5, 0.6) is 0 Å². The van der Waals surface area contributed by atoms with Gasteiger partial charge in [-0.3, -0.25) is 0 Å². The summed E-state index contributed by atoms with van der Waals surface area (Å²) in [7, 11) is 0. The van der Waals surface area contributed by atoms with Crippen molar-refractivity contribution in [2.24, 2.45) is 0 Å². The molecule has 0 unspecified atom stereocenters. The number of hydrogen-bond donors (Lipinski definition) is 0. The molecule has 0 radical (unpaired) electrons. The molecule has 4 nitrogen and oxygen atoms in total. The molecule has 0 aromatic heterocycles. The number of hydrogen-bond acceptors (Lipinski definition) is 5. The molecule has 0 saturated carbocycles. The van der Waals surface area contributed by atoms with Crippen molar-refractivity contribution in [1.82, 2.24) is 0 Å². The lowest BCUT2D eigenvalue weighted by molar-refractivity contribution is 1.22. The van der Waals surface area contributed by atoms with E-state index in [0.717, 1.165) is 95.7 Å². The molecule has 18 rings (SSSR count). The second kappa shape index (κ2) is 21.8. The number of fused-ring (bicyclic) bond motifs is 8. The Kier molecular flexibility index (Phi) is 12.7. The van der Waals surface area contributed by atoms with E-state index in [4.69, 9.17) is 0 Å². The molecule has 4 aliphatic rings. The molecular weight excluding hydrogens is 1120 g/mol. The highest BCUT2D eigenvalue weighted by molar-refractivity contribution is 8.00. The van der Waals surface area contributed by atoms with Crippen molar-refractivity contribution in [2.75, 3.05) is 19.6 Å². The quantitative estimate of drug-likeness (QED) is 0.126. The zero-order valence-corrected chi connectivity index (χ0v) is 50.5. The van der Waals surface area contributed by atoms with Gasteiger partial charge in [0.15, 0.2) is 0 Å². The summed E-state index contributed by atoms with van der Waals surface area (Å²) in [6, 6.07) is 126. The molecule has 7 heteroatoms. The fraction of sp³-hybridized carbons (Fsp3) is 0. The smallest absolute Gasteiger partial charge is 0.252 e. The third-order valence-corrected chi connectivity index (χ3v) is 20.0. The van der Waals surface area contributed by atoms with Crippen LogP contribution in [-0.4, -0.2) is 13.4 Å². The second-order valence-corrected chi connectivity index (χ2v) is 25.0. The van der Waals surface area contributed by atoms with Gasteiger partial charge < -0.3 is 19.6 Å². The van der Waals surface area contributed by atoms with Crippen LogP contribution in [0.4, 0.5) is 68.2 Å². The Hall–Kier alpha value is -11.2. The predicted molar refractivity (Wildman–Crippen MR) is 387 cm³/mol. The van der Waals surface area contributed by atoms with Crippen LogP contribution in [0.2, 0.25) is 0 Å². The molecule has 0 atom stereocenters. The Bertz CT molecular complexity index is 5020. The van der Waals surface area contributed by atoms with Crippen molar-refractivity contribution in [2.45, 2.75) is 9.79 Å². The Morgan fingerprint density at radius 1 is 0.242 bits per heavy atom. The first-order chi connectivity index (χ1) is 45.2. The molecule has 0 aliphatic carbocycles. The van der Waals surface area contributed by atoms with Gasteiger partial charge in [-0.05, 0) is 140 Å². The molecule has 0 bridgehead atoms. The highest BCUT2D eigenvalue weighted by Gasteiger charge is 2.48. The van der Waals surface area contributed by atoms with Gasteiger partial charge in [0.05, 0.1) is 11.4 Å². The fourth-order valence-corrected chi connectivity index (χ4v) is 16.2. The van der Waals surface area contributed by atoms with Crippen LogP contribution in [0.1, 0.15) is 0 Å². The van der Waals surface area contributed by atoms with Gasteiger partial charge in [-0.25, -0.2) is 0 Å². The number of benzene rings is 14. The van der Waals surface area contributed by atoms with E-state index in [2.05, 4.69) is 359 Å². The van der Waals surface area contributed by atoms with E-state index in [1.54, 1.807) is 0 Å². The lowest BCUT2D eigenvalue weighted by Gasteiger charge is -2.46. The zero-order chi connectivity index (χ0) is 59.9. The molecule has 14 aromatic rings. The Morgan fingerprint density at radius 2 is 0.681 bits per heavy atom. The maximum Gasteiger partial charge on any atom is 0.252 e. The molecule has 14 aromatic carbocycles. The average Bonchev–Trinajstić information content (AvgIpc) is 0.700. The summed E-state index contributed by atoms with van der Waals surface area (Å²) in [5.74, 6) is 0. The summed E-state index contributed by atoms with van der Waals surface area (Å²) in [4.78, 5) is 12.7. The topological polar surface area (TPSA) is 13.0 Å². The monoisotopic (exact) mass is 1170 g/mol. The predicted octanol–water partition coefficient (Wildman–Crippen LogP) is 18.7. The number of anilines is 12. The summed E-state index contributed by atoms with van der Waals surface area (Å²) in [5.41, 5.74) is 30.7. The highest BCUT2D eigenvalue weighted by atomic mass is 32.2. The van der Waals surface area contributed by atoms with Gasteiger partial charge in [0.2, 0.25) is 6.71 Å². The van der Waals surface area contributed by atoms with E-state index in [1.165, 1.54) is 59.6 Å². The minimum absolute atomic E-state index is 0.0912. The zero-order valence-electron chi connectivity index (χ0n) is 49.7. The van der Waals surface area contributed by atoms with Crippen LogP contribution >= 0.6 is 11.8 Å². The van der Waals surface area contributed by atoms with E-state index in [9.17, 15) is 0 Å². The van der Waals surface area contributed by atoms with Crippen molar-refractivity contribution in [3.63, 3.8) is 0 Å². The largest absolute Gasteiger partial charge is 0.311 e. The first-order valence-corrected chi connectivity index (χ1v) is 32.2. The van der Waals surface area contributed by atoms with Crippen LogP contribution in [0, 0.1) is 0 Å². The number of nitrogens with zero attached hydrogens (tertiary/aromatic N) is 4. The fourth-order valence-electron chi connectivity index (χ4n) is 15.0. The Balaban J connectivity index is 0.947. The van der Waals surface area contributed by atoms with Gasteiger partial charge in [-0.15, -0.1) is 0 Å². The highest BCUT2D eigenvalue weighted by Crippen LogP contribution is 2.53. The van der Waals surface area contributed by atoms with Crippen molar-refractivity contribution in [3.8, 4) is 44.5 Å². The number of rotatable bonds is 10. The third-order valence-electron chi connectivity index (χ3n) is 18.8. The molecule has 0 saturated heterocycles. The van der Waals surface area contributed by atoms with Gasteiger partial charge in [-0.1, -0.05) is 272 Å². The summed E-state index contributed by atoms with van der Waals surface area (Å²) in [6.45, 7) is -0.253. The molecule has 4 aliphatic heterocycles. The molecule has 4 heterocycles. The van der Waals surface area contributed by atoms with Crippen molar-refractivity contribution >= 4 is 126 Å². The normalized spacial score (nSPS) is 12.9. The summed E-state index contributed by atoms with van der Waals surface area (Å²) in [5, 5.41) is 0. The minimum Gasteiger partial charge on any atom is -0.311 e. The van der Waals surface area contributed by atoms with Gasteiger partial charge in [-0.2, -0.15) is 0 Å². The Morgan fingerprint density at radius 3 is 1.26 bits per heavy atom. The van der Waals surface area contributed by atoms with Crippen LogP contribution < -0.4 is 52.4 Å². The minimum atomic E-state index is -0.162. The summed E-state index contributed by atoms with van der Waals surface area (Å²) < 4.78 is 0. The van der Waals surface area contributed by atoms with E-state index in [1.807, 2.05) is 11.8 Å². The van der Waals surface area contributed by atoms with Gasteiger partial charge in [0.25, 0.3) is 6.71 Å². The van der Waals surface area contributed by atoms with Crippen LogP contribution in [-0.2, 0) is 0 Å². The van der Waals surface area contributed by atoms with Crippen molar-refractivity contribution in [3.05, 3.63) is 340 Å². The molecule has 0 fully saturated rings. The first kappa shape index (κ1) is 52.8. The maximum absolute atomic E-state index is 2.65. The van der Waals surface area contributed by atoms with Gasteiger partial charge in [0, 0.05) is 83.4 Å². The summed E-state index contributed by atoms with van der Waals surface area (Å²) in [6.07, 6.45) is 0. The van der Waals surface area contributed by atoms with Crippen molar-refractivity contribution in [1.29, 1.82) is 0 Å². The second-order valence-electron chi connectivity index (χ2n) is 23.9. The lowest BCUT2D eigenvalue weighted by atomic mass is 9.31. The Labute approximate surface area is 536 Å². The number of para-hydroxylation sites is 7. The molecule has 0 spiro atoms. The summed E-state index contributed by atoms with van der Waals surface area (Å²) >= 11 is 1.92. The third kappa shape index (κ3) is 8.64. The average molecular weight is 1180 g/mol. The maximum atomic E-state index is 2.65. The molecule has 424 valence electrons. The van der Waals surface area contributed by atoms with Crippen LogP contribution in [0.25, 0.3) is 44.5 Å². The van der Waals surface area contributed by atoms with E-state index in [0.29, 0.717) is 0 Å². The van der Waals surface area contributed by atoms with Crippen molar-refractivity contribution < 1.29 is 0 Å². The molecular formula is C84H56B2N4S. The lowest BCUT2D eigenvalue weighted by Crippen LogP contribution is -2.64. The molecule has 91 heavy (non-hydrogen) atoms. The first-order valence-electron chi connectivity index (χ1n) is 31.4. The SMILES string of the molecule is c1ccc(-c2cc3c4c(c2)N(c2c(-c5ccccc5)cccc2-c2ccccc2)c2ccccc2B4c2cc4c(cc2N3c2ccccc2-c2ccccc2)Sc2cc(N(c3ccccc3)c3ccccc3)cc3c2B4c2ccccc2N3c2ccccc2)cc1. The standard InChI is InChI=1S/C84H56B2N4S/c1-8-29-57(30-9-1)61-51-77-82-78(52-61)90(84-67(59-33-12-3-13-34-59)44-28-45-68(84)60-35-14-4-15-36-60)75-50-27-24-47-70(75)85(82)71-55-72-80(56-76(71)89(77)73-48-25-22-43-66(73)58-31-10-2-11-32-58)91-81-54-65(87(62-37-16-5-17-38-62)63-39-18-6-19-40-63)53-79-83(81)86(72)69-46-23-26-49-74(69)88(79)64-41-20-7-21-42-64/h1-56H. The van der Waals surface area contributed by atoms with Gasteiger partial charge in [0.1, 0.15) is 0 Å². The molecule has 0 amide bonds. The van der Waals surface area contributed by atoms with E-state index in [-0.39, 0.29) is 13.4 Å². The molecule has 0 N–H and O–H groups in total. The van der Waals surface area contributed by atoms with Gasteiger partial charge >= 0.3 is 0 Å².